The Hall–Kier alpha value is -2.50. The van der Waals surface area contributed by atoms with Crippen molar-refractivity contribution in [3.63, 3.8) is 0 Å². The van der Waals surface area contributed by atoms with E-state index in [1.54, 1.807) is 56.7 Å². The van der Waals surface area contributed by atoms with Crippen LogP contribution in [-0.2, 0) is 9.53 Å². The maximum atomic E-state index is 12.1. The molecule has 0 N–H and O–H groups in total. The van der Waals surface area contributed by atoms with Gasteiger partial charge in [-0.15, -0.1) is 0 Å². The van der Waals surface area contributed by atoms with E-state index in [0.717, 1.165) is 0 Å². The molecule has 0 atom stereocenters. The summed E-state index contributed by atoms with van der Waals surface area (Å²) in [6.45, 7) is 0. The number of benzene rings is 2. The Morgan fingerprint density at radius 3 is 2.28 bits per heavy atom. The van der Waals surface area contributed by atoms with Crippen LogP contribution in [0.4, 0.5) is 0 Å². The Balaban J connectivity index is 1.97. The second kappa shape index (κ2) is 7.17. The largest absolute Gasteiger partial charge is 0.497 e. The molecule has 1 aliphatic rings. The molecular weight excluding hydrogens is 365 g/mol. The molecule has 0 fully saturated rings. The Morgan fingerprint density at radius 2 is 1.68 bits per heavy atom. The molecule has 0 saturated carbocycles. The summed E-state index contributed by atoms with van der Waals surface area (Å²) in [6, 6.07) is 10.1. The fourth-order valence-corrected chi connectivity index (χ4v) is 2.53. The monoisotopic (exact) mass is 377 g/mol. The van der Waals surface area contributed by atoms with Crippen LogP contribution in [0, 0.1) is 0 Å². The first-order valence-electron chi connectivity index (χ1n) is 7.21. The molecule has 2 aromatic rings. The number of aliphatic imine (C=N–C) groups is 1. The van der Waals surface area contributed by atoms with Crippen molar-refractivity contribution < 1.29 is 19.0 Å². The molecular formula is C18H13Cl2NO4. The third kappa shape index (κ3) is 3.78. The molecule has 0 amide bonds. The topological polar surface area (TPSA) is 57.1 Å². The summed E-state index contributed by atoms with van der Waals surface area (Å²) in [7, 11) is 3.10. The van der Waals surface area contributed by atoms with E-state index < -0.39 is 5.97 Å². The number of methoxy groups -OCH3 is 2. The number of carbonyl (C=O) groups excluding carboxylic acids is 1. The highest BCUT2D eigenvalue weighted by Gasteiger charge is 2.24. The van der Waals surface area contributed by atoms with Crippen LogP contribution in [0.15, 0.2) is 47.1 Å². The smallest absolute Gasteiger partial charge is 0.363 e. The van der Waals surface area contributed by atoms with E-state index in [9.17, 15) is 4.79 Å². The van der Waals surface area contributed by atoms with Gasteiger partial charge in [-0.3, -0.25) is 0 Å². The lowest BCUT2D eigenvalue weighted by Crippen LogP contribution is -2.05. The van der Waals surface area contributed by atoms with Crippen molar-refractivity contribution in [3.05, 3.63) is 63.3 Å². The van der Waals surface area contributed by atoms with Gasteiger partial charge in [-0.1, -0.05) is 23.2 Å². The quantitative estimate of drug-likeness (QED) is 0.586. The molecule has 7 heteroatoms. The molecule has 0 aromatic heterocycles. The van der Waals surface area contributed by atoms with Crippen LogP contribution >= 0.6 is 23.2 Å². The Bertz CT molecular complexity index is 884. The summed E-state index contributed by atoms with van der Waals surface area (Å²) >= 11 is 11.9. The molecule has 0 saturated heterocycles. The van der Waals surface area contributed by atoms with Crippen molar-refractivity contribution in [1.82, 2.24) is 0 Å². The lowest BCUT2D eigenvalue weighted by molar-refractivity contribution is -0.129. The average molecular weight is 378 g/mol. The van der Waals surface area contributed by atoms with Gasteiger partial charge in [0.05, 0.1) is 24.3 Å². The molecule has 0 spiro atoms. The Morgan fingerprint density at radius 1 is 1.00 bits per heavy atom. The van der Waals surface area contributed by atoms with Gasteiger partial charge in [0, 0.05) is 11.6 Å². The molecule has 0 unspecified atom stereocenters. The van der Waals surface area contributed by atoms with Crippen LogP contribution in [0.2, 0.25) is 10.0 Å². The molecule has 0 aliphatic carbocycles. The zero-order valence-corrected chi connectivity index (χ0v) is 14.9. The Labute approximate surface area is 154 Å². The lowest BCUT2D eigenvalue weighted by atomic mass is 10.1. The summed E-state index contributed by atoms with van der Waals surface area (Å²) in [5.74, 6) is 0.824. The molecule has 25 heavy (non-hydrogen) atoms. The van der Waals surface area contributed by atoms with E-state index in [0.29, 0.717) is 32.7 Å². The second-order valence-electron chi connectivity index (χ2n) is 5.11. The first kappa shape index (κ1) is 17.3. The minimum absolute atomic E-state index is 0.163. The number of hydrogen-bond donors (Lipinski definition) is 0. The third-order valence-electron chi connectivity index (χ3n) is 3.46. The van der Waals surface area contributed by atoms with Gasteiger partial charge in [0.2, 0.25) is 5.90 Å². The number of carbonyl (C=O) groups is 1. The van der Waals surface area contributed by atoms with Crippen molar-refractivity contribution in [2.45, 2.75) is 0 Å². The molecule has 5 nitrogen and oxygen atoms in total. The summed E-state index contributed by atoms with van der Waals surface area (Å²) in [5, 5.41) is 0.766. The van der Waals surface area contributed by atoms with Crippen LogP contribution in [0.3, 0.4) is 0 Å². The van der Waals surface area contributed by atoms with Gasteiger partial charge in [0.15, 0.2) is 5.70 Å². The number of hydrogen-bond acceptors (Lipinski definition) is 5. The van der Waals surface area contributed by atoms with Gasteiger partial charge in [-0.05, 0) is 42.0 Å². The number of cyclic esters (lactones) is 1. The molecule has 1 heterocycles. The molecule has 128 valence electrons. The first-order valence-corrected chi connectivity index (χ1v) is 7.97. The Kier molecular flexibility index (Phi) is 4.97. The summed E-state index contributed by atoms with van der Waals surface area (Å²) in [4.78, 5) is 16.3. The summed E-state index contributed by atoms with van der Waals surface area (Å²) < 4.78 is 15.6. The van der Waals surface area contributed by atoms with Crippen LogP contribution < -0.4 is 9.47 Å². The van der Waals surface area contributed by atoms with E-state index in [-0.39, 0.29) is 11.6 Å². The number of nitrogens with zero attached hydrogens (tertiary/aromatic N) is 1. The molecule has 2 aromatic carbocycles. The minimum Gasteiger partial charge on any atom is -0.497 e. The SMILES string of the molecule is COc1cc(/C=C2\N=C(c3ccc(Cl)c(Cl)c3)OC2=O)cc(OC)c1. The van der Waals surface area contributed by atoms with Gasteiger partial charge in [-0.25, -0.2) is 9.79 Å². The maximum Gasteiger partial charge on any atom is 0.363 e. The zero-order chi connectivity index (χ0) is 18.0. The summed E-state index contributed by atoms with van der Waals surface area (Å²) in [6.07, 6.45) is 1.60. The van der Waals surface area contributed by atoms with Crippen LogP contribution in [-0.4, -0.2) is 26.1 Å². The van der Waals surface area contributed by atoms with E-state index >= 15 is 0 Å². The van der Waals surface area contributed by atoms with E-state index in [1.165, 1.54) is 0 Å². The molecule has 3 rings (SSSR count). The predicted octanol–water partition coefficient (Wildman–Crippen LogP) is 4.36. The zero-order valence-electron chi connectivity index (χ0n) is 13.4. The van der Waals surface area contributed by atoms with Gasteiger partial charge in [0.25, 0.3) is 0 Å². The van der Waals surface area contributed by atoms with Gasteiger partial charge < -0.3 is 14.2 Å². The number of esters is 1. The molecule has 0 bridgehead atoms. The molecule has 1 aliphatic heterocycles. The highest BCUT2D eigenvalue weighted by molar-refractivity contribution is 6.42. The fraction of sp³-hybridized carbons (Fsp3) is 0.111. The summed E-state index contributed by atoms with van der Waals surface area (Å²) in [5.41, 5.74) is 1.42. The lowest BCUT2D eigenvalue weighted by Gasteiger charge is -2.05. The standard InChI is InChI=1S/C18H13Cl2NO4/c1-23-12-5-10(6-13(9-12)24-2)7-16-18(22)25-17(21-16)11-3-4-14(19)15(20)8-11/h3-9H,1-2H3/b16-7-. The van der Waals surface area contributed by atoms with E-state index in [1.807, 2.05) is 0 Å². The highest BCUT2D eigenvalue weighted by Crippen LogP contribution is 2.28. The third-order valence-corrected chi connectivity index (χ3v) is 4.20. The number of rotatable bonds is 4. The normalized spacial score (nSPS) is 15.1. The maximum absolute atomic E-state index is 12.1. The number of ether oxygens (including phenoxy) is 3. The van der Waals surface area contributed by atoms with Crippen molar-refractivity contribution in [3.8, 4) is 11.5 Å². The number of halogens is 2. The van der Waals surface area contributed by atoms with Crippen molar-refractivity contribution in [1.29, 1.82) is 0 Å². The molecule has 0 radical (unpaired) electrons. The van der Waals surface area contributed by atoms with Crippen LogP contribution in [0.5, 0.6) is 11.5 Å². The van der Waals surface area contributed by atoms with Gasteiger partial charge in [-0.2, -0.15) is 0 Å². The van der Waals surface area contributed by atoms with E-state index in [4.69, 9.17) is 37.4 Å². The minimum atomic E-state index is -0.553. The fourth-order valence-electron chi connectivity index (χ4n) is 2.23. The first-order chi connectivity index (χ1) is 12.0. The van der Waals surface area contributed by atoms with Crippen LogP contribution in [0.1, 0.15) is 11.1 Å². The predicted molar refractivity (Wildman–Crippen MR) is 96.6 cm³/mol. The van der Waals surface area contributed by atoms with Crippen molar-refractivity contribution in [2.75, 3.05) is 14.2 Å². The van der Waals surface area contributed by atoms with Gasteiger partial charge in [0.1, 0.15) is 11.5 Å². The van der Waals surface area contributed by atoms with Gasteiger partial charge >= 0.3 is 5.97 Å². The van der Waals surface area contributed by atoms with Crippen molar-refractivity contribution in [2.24, 2.45) is 4.99 Å². The second-order valence-corrected chi connectivity index (χ2v) is 5.93. The highest BCUT2D eigenvalue weighted by atomic mass is 35.5. The average Bonchev–Trinajstić information content (AvgIpc) is 2.97. The van der Waals surface area contributed by atoms with E-state index in [2.05, 4.69) is 4.99 Å². The van der Waals surface area contributed by atoms with Crippen molar-refractivity contribution >= 4 is 41.1 Å². The van der Waals surface area contributed by atoms with Crippen LogP contribution in [0.25, 0.3) is 6.08 Å².